The first-order valence-corrected chi connectivity index (χ1v) is 9.99. The van der Waals surface area contributed by atoms with E-state index in [1.165, 1.54) is 6.26 Å². The van der Waals surface area contributed by atoms with Gasteiger partial charge in [0, 0.05) is 29.5 Å². The van der Waals surface area contributed by atoms with Crippen molar-refractivity contribution in [3.05, 3.63) is 64.3 Å². The van der Waals surface area contributed by atoms with Crippen molar-refractivity contribution in [2.24, 2.45) is 5.73 Å². The Balaban J connectivity index is 2.10. The molecule has 2 N–H and O–H groups in total. The van der Waals surface area contributed by atoms with Crippen molar-refractivity contribution in [2.75, 3.05) is 6.26 Å². The van der Waals surface area contributed by atoms with Crippen molar-refractivity contribution in [3.63, 3.8) is 0 Å². The molecule has 25 heavy (non-hydrogen) atoms. The molecule has 0 fully saturated rings. The van der Waals surface area contributed by atoms with Crippen LogP contribution in [0.15, 0.2) is 53.4 Å². The Labute approximate surface area is 155 Å². The summed E-state index contributed by atoms with van der Waals surface area (Å²) in [7, 11) is -3.25. The molecule has 8 heteroatoms. The second kappa shape index (κ2) is 6.80. The third-order valence-electron chi connectivity index (χ3n) is 3.75. The summed E-state index contributed by atoms with van der Waals surface area (Å²) in [5, 5.41) is 5.23. The van der Waals surface area contributed by atoms with Crippen molar-refractivity contribution >= 4 is 33.0 Å². The van der Waals surface area contributed by atoms with E-state index in [1.54, 1.807) is 41.1 Å². The van der Waals surface area contributed by atoms with E-state index in [0.717, 1.165) is 22.5 Å². The minimum Gasteiger partial charge on any atom is -0.326 e. The molecule has 0 spiro atoms. The number of rotatable bonds is 4. The highest BCUT2D eigenvalue weighted by atomic mass is 35.5. The summed E-state index contributed by atoms with van der Waals surface area (Å²) in [6.45, 7) is 0.306. The maximum Gasteiger partial charge on any atom is 0.175 e. The molecule has 0 bridgehead atoms. The van der Waals surface area contributed by atoms with Gasteiger partial charge in [-0.3, -0.25) is 0 Å². The zero-order valence-corrected chi connectivity index (χ0v) is 15.6. The van der Waals surface area contributed by atoms with Crippen LogP contribution in [-0.2, 0) is 16.4 Å². The van der Waals surface area contributed by atoms with Crippen LogP contribution >= 0.6 is 23.2 Å². The van der Waals surface area contributed by atoms with Gasteiger partial charge in [-0.2, -0.15) is 5.10 Å². The number of hydrogen-bond acceptors (Lipinski definition) is 4. The lowest BCUT2D eigenvalue weighted by atomic mass is 10.1. The molecule has 0 atom stereocenters. The summed E-state index contributed by atoms with van der Waals surface area (Å²) in [5.74, 6) is 0. The zero-order chi connectivity index (χ0) is 18.2. The lowest BCUT2D eigenvalue weighted by Crippen LogP contribution is -2.03. The molecule has 0 aliphatic carbocycles. The van der Waals surface area contributed by atoms with Crippen LogP contribution < -0.4 is 5.73 Å². The third kappa shape index (κ3) is 3.72. The molecule has 0 saturated heterocycles. The van der Waals surface area contributed by atoms with E-state index >= 15 is 0 Å². The molecule has 1 aromatic heterocycles. The minimum absolute atomic E-state index is 0.255. The van der Waals surface area contributed by atoms with Gasteiger partial charge in [-0.15, -0.1) is 0 Å². The van der Waals surface area contributed by atoms with Crippen molar-refractivity contribution in [3.8, 4) is 16.9 Å². The Kier molecular flexibility index (Phi) is 4.88. The molecular weight excluding hydrogens is 381 g/mol. The fourth-order valence-corrected chi connectivity index (χ4v) is 3.48. The van der Waals surface area contributed by atoms with Crippen LogP contribution in [0.2, 0.25) is 10.2 Å². The predicted molar refractivity (Wildman–Crippen MR) is 100 cm³/mol. The van der Waals surface area contributed by atoms with Gasteiger partial charge in [0.1, 0.15) is 0 Å². The molecule has 0 aliphatic heterocycles. The van der Waals surface area contributed by atoms with E-state index in [4.69, 9.17) is 28.9 Å². The molecule has 3 aromatic rings. The fraction of sp³-hybridized carbons (Fsp3) is 0.118. The van der Waals surface area contributed by atoms with Gasteiger partial charge in [-0.05, 0) is 35.9 Å². The summed E-state index contributed by atoms with van der Waals surface area (Å²) < 4.78 is 24.9. The fourth-order valence-electron chi connectivity index (χ4n) is 2.48. The monoisotopic (exact) mass is 395 g/mol. The Morgan fingerprint density at radius 2 is 1.76 bits per heavy atom. The molecule has 130 valence electrons. The summed E-state index contributed by atoms with van der Waals surface area (Å²) in [4.78, 5) is 0.255. The molecule has 0 radical (unpaired) electrons. The number of sulfone groups is 1. The maximum atomic E-state index is 11.6. The Morgan fingerprint density at radius 1 is 1.08 bits per heavy atom. The molecule has 0 amide bonds. The second-order valence-electron chi connectivity index (χ2n) is 5.54. The lowest BCUT2D eigenvalue weighted by Gasteiger charge is -2.10. The topological polar surface area (TPSA) is 78.0 Å². The molecular formula is C17H15Cl2N3O2S. The highest BCUT2D eigenvalue weighted by molar-refractivity contribution is 7.90. The van der Waals surface area contributed by atoms with Crippen LogP contribution in [0.1, 0.15) is 5.56 Å². The highest BCUT2D eigenvalue weighted by Crippen LogP contribution is 2.28. The smallest absolute Gasteiger partial charge is 0.175 e. The van der Waals surface area contributed by atoms with Gasteiger partial charge in [-0.25, -0.2) is 13.1 Å². The van der Waals surface area contributed by atoms with E-state index in [0.29, 0.717) is 16.7 Å². The molecule has 0 saturated carbocycles. The molecule has 1 heterocycles. The van der Waals surface area contributed by atoms with Crippen LogP contribution in [0.25, 0.3) is 16.9 Å². The van der Waals surface area contributed by atoms with E-state index in [9.17, 15) is 8.42 Å². The van der Waals surface area contributed by atoms with Gasteiger partial charge >= 0.3 is 0 Å². The third-order valence-corrected chi connectivity index (χ3v) is 5.43. The molecule has 0 aliphatic rings. The predicted octanol–water partition coefficient (Wildman–Crippen LogP) is 3.71. The first-order chi connectivity index (χ1) is 11.8. The molecule has 5 nitrogen and oxygen atoms in total. The van der Waals surface area contributed by atoms with Crippen LogP contribution in [0.3, 0.4) is 0 Å². The van der Waals surface area contributed by atoms with Gasteiger partial charge in [0.05, 0.1) is 16.3 Å². The number of nitrogens with two attached hydrogens (primary N) is 1. The number of nitrogens with zero attached hydrogens (tertiary/aromatic N) is 2. The number of aromatic nitrogens is 2. The van der Waals surface area contributed by atoms with Crippen LogP contribution in [0.4, 0.5) is 0 Å². The van der Waals surface area contributed by atoms with E-state index in [-0.39, 0.29) is 4.90 Å². The Hall–Kier alpha value is -1.86. The van der Waals surface area contributed by atoms with E-state index in [2.05, 4.69) is 5.10 Å². The van der Waals surface area contributed by atoms with Crippen molar-refractivity contribution in [2.45, 2.75) is 11.4 Å². The summed E-state index contributed by atoms with van der Waals surface area (Å²) in [6, 6.07) is 13.7. The van der Waals surface area contributed by atoms with E-state index in [1.807, 2.05) is 12.1 Å². The second-order valence-corrected chi connectivity index (χ2v) is 8.35. The van der Waals surface area contributed by atoms with Crippen molar-refractivity contribution in [1.82, 2.24) is 9.78 Å². The lowest BCUT2D eigenvalue weighted by molar-refractivity contribution is 0.602. The van der Waals surface area contributed by atoms with Gasteiger partial charge < -0.3 is 5.73 Å². The Bertz CT molecular complexity index is 1030. The molecule has 2 aromatic carbocycles. The Morgan fingerprint density at radius 3 is 2.36 bits per heavy atom. The standard InChI is InChI=1S/C17H15Cl2N3O2S/c1-25(23,24)14-5-2-11(3-6-14)16-9-17(19)21-22(16)13-4-7-15(18)12(8-13)10-20/h2-9H,10,20H2,1H3. The average molecular weight is 396 g/mol. The summed E-state index contributed by atoms with van der Waals surface area (Å²) >= 11 is 12.2. The van der Waals surface area contributed by atoms with Gasteiger partial charge in [0.15, 0.2) is 15.0 Å². The van der Waals surface area contributed by atoms with Crippen molar-refractivity contribution < 1.29 is 8.42 Å². The zero-order valence-electron chi connectivity index (χ0n) is 13.3. The minimum atomic E-state index is -3.25. The average Bonchev–Trinajstić information content (AvgIpc) is 2.96. The highest BCUT2D eigenvalue weighted by Gasteiger charge is 2.13. The molecule has 3 rings (SSSR count). The normalized spacial score (nSPS) is 11.7. The molecule has 0 unspecified atom stereocenters. The number of hydrogen-bond donors (Lipinski definition) is 1. The van der Waals surface area contributed by atoms with Gasteiger partial charge in [0.2, 0.25) is 0 Å². The maximum absolute atomic E-state index is 11.6. The quantitative estimate of drug-likeness (QED) is 0.729. The SMILES string of the molecule is CS(=O)(=O)c1ccc(-c2cc(Cl)nn2-c2ccc(Cl)c(CN)c2)cc1. The van der Waals surface area contributed by atoms with Crippen LogP contribution in [0.5, 0.6) is 0 Å². The first-order valence-electron chi connectivity index (χ1n) is 7.34. The van der Waals surface area contributed by atoms with Crippen LogP contribution in [-0.4, -0.2) is 24.5 Å². The van der Waals surface area contributed by atoms with Crippen LogP contribution in [0, 0.1) is 0 Å². The largest absolute Gasteiger partial charge is 0.326 e. The van der Waals surface area contributed by atoms with Crippen molar-refractivity contribution in [1.29, 1.82) is 0 Å². The van der Waals surface area contributed by atoms with E-state index < -0.39 is 9.84 Å². The number of halogens is 2. The van der Waals surface area contributed by atoms with Gasteiger partial charge in [0.25, 0.3) is 0 Å². The summed E-state index contributed by atoms with van der Waals surface area (Å²) in [5.41, 5.74) is 8.79. The number of benzene rings is 2. The summed E-state index contributed by atoms with van der Waals surface area (Å²) in [6.07, 6.45) is 1.17. The first kappa shape index (κ1) is 17.9. The van der Waals surface area contributed by atoms with Gasteiger partial charge in [-0.1, -0.05) is 35.3 Å².